The van der Waals surface area contributed by atoms with E-state index in [1.165, 1.54) is 24.3 Å². The Hall–Kier alpha value is -2.69. The van der Waals surface area contributed by atoms with Crippen LogP contribution in [0.5, 0.6) is 5.75 Å². The second kappa shape index (κ2) is 9.89. The van der Waals surface area contributed by atoms with Crippen LogP contribution in [0.25, 0.3) is 6.08 Å². The van der Waals surface area contributed by atoms with E-state index in [9.17, 15) is 22.4 Å². The van der Waals surface area contributed by atoms with Crippen molar-refractivity contribution in [3.8, 4) is 5.75 Å². The van der Waals surface area contributed by atoms with Gasteiger partial charge in [0.2, 0.25) is 0 Å². The summed E-state index contributed by atoms with van der Waals surface area (Å²) in [6.45, 7) is 0.175. The first-order valence-corrected chi connectivity index (χ1v) is 11.8. The quantitative estimate of drug-likeness (QED) is 0.180. The molecule has 0 atom stereocenters. The number of nitrogens with zero attached hydrogens (tertiary/aromatic N) is 1. The Balaban J connectivity index is 1.61. The Morgan fingerprint density at radius 2 is 1.79 bits per heavy atom. The van der Waals surface area contributed by atoms with E-state index in [1.54, 1.807) is 36.4 Å². The van der Waals surface area contributed by atoms with Crippen LogP contribution in [0.4, 0.5) is 23.2 Å². The van der Waals surface area contributed by atoms with Crippen molar-refractivity contribution in [2.75, 3.05) is 4.90 Å². The average molecular weight is 568 g/mol. The summed E-state index contributed by atoms with van der Waals surface area (Å²) in [7, 11) is 0. The van der Waals surface area contributed by atoms with Gasteiger partial charge in [-0.15, -0.1) is 0 Å². The van der Waals surface area contributed by atoms with E-state index in [-0.39, 0.29) is 27.3 Å². The third kappa shape index (κ3) is 5.51. The van der Waals surface area contributed by atoms with Gasteiger partial charge in [-0.25, -0.2) is 4.39 Å². The van der Waals surface area contributed by atoms with Crippen molar-refractivity contribution in [1.82, 2.24) is 0 Å². The zero-order valence-electron chi connectivity index (χ0n) is 17.1. The van der Waals surface area contributed by atoms with Crippen LogP contribution in [0.15, 0.2) is 76.1 Å². The van der Waals surface area contributed by atoms with Gasteiger partial charge in [0.1, 0.15) is 18.2 Å². The minimum Gasteiger partial charge on any atom is -0.488 e. The highest BCUT2D eigenvalue weighted by Crippen LogP contribution is 2.39. The largest absolute Gasteiger partial charge is 0.488 e. The molecule has 0 aromatic heterocycles. The first-order valence-electron chi connectivity index (χ1n) is 9.74. The van der Waals surface area contributed by atoms with Gasteiger partial charge in [-0.05, 0) is 60.2 Å². The lowest BCUT2D eigenvalue weighted by atomic mass is 10.1. The van der Waals surface area contributed by atoms with E-state index in [0.717, 1.165) is 38.8 Å². The summed E-state index contributed by atoms with van der Waals surface area (Å²) in [6, 6.07) is 15.6. The second-order valence-corrected chi connectivity index (χ2v) is 9.75. The van der Waals surface area contributed by atoms with Gasteiger partial charge < -0.3 is 4.74 Å². The summed E-state index contributed by atoms with van der Waals surface area (Å²) in [5.41, 5.74) is 0.501. The molecular formula is C24H14BrF4NO2S2. The van der Waals surface area contributed by atoms with Crippen molar-refractivity contribution in [1.29, 1.82) is 0 Å². The number of rotatable bonds is 5. The number of halogens is 5. The van der Waals surface area contributed by atoms with Gasteiger partial charge in [-0.1, -0.05) is 58.1 Å². The van der Waals surface area contributed by atoms with Crippen LogP contribution in [0.3, 0.4) is 0 Å². The van der Waals surface area contributed by atoms with Crippen molar-refractivity contribution in [3.63, 3.8) is 0 Å². The van der Waals surface area contributed by atoms with E-state index >= 15 is 0 Å². The number of thiocarbonyl (C=S) groups is 1. The minimum absolute atomic E-state index is 0.0442. The second-order valence-electron chi connectivity index (χ2n) is 7.16. The first-order chi connectivity index (χ1) is 16.1. The molecule has 3 nitrogen and oxygen atoms in total. The van der Waals surface area contributed by atoms with Crippen LogP contribution in [-0.2, 0) is 17.6 Å². The lowest BCUT2D eigenvalue weighted by Gasteiger charge is -2.16. The van der Waals surface area contributed by atoms with Gasteiger partial charge in [-0.3, -0.25) is 9.69 Å². The van der Waals surface area contributed by atoms with Crippen LogP contribution in [0, 0.1) is 5.82 Å². The number of alkyl halides is 3. The third-order valence-electron chi connectivity index (χ3n) is 4.79. The number of ether oxygens (including phenoxy) is 1. The summed E-state index contributed by atoms with van der Waals surface area (Å²) >= 11 is 9.67. The molecule has 0 N–H and O–H groups in total. The molecule has 0 spiro atoms. The van der Waals surface area contributed by atoms with Crippen LogP contribution in [0.2, 0.25) is 0 Å². The third-order valence-corrected chi connectivity index (χ3v) is 6.59. The van der Waals surface area contributed by atoms with Crippen molar-refractivity contribution < 1.29 is 27.1 Å². The molecule has 0 radical (unpaired) electrons. The summed E-state index contributed by atoms with van der Waals surface area (Å²) in [5.74, 6) is -0.411. The normalized spacial score (nSPS) is 15.3. The fraction of sp³-hybridized carbons (Fsp3) is 0.0833. The maximum Gasteiger partial charge on any atom is 0.416 e. The lowest BCUT2D eigenvalue weighted by Crippen LogP contribution is -2.27. The number of hydrogen-bond acceptors (Lipinski definition) is 4. The Morgan fingerprint density at radius 3 is 2.50 bits per heavy atom. The molecule has 10 heteroatoms. The monoisotopic (exact) mass is 567 g/mol. The number of carbonyl (C=O) groups is 1. The summed E-state index contributed by atoms with van der Waals surface area (Å²) in [6.07, 6.45) is -2.96. The van der Waals surface area contributed by atoms with Crippen molar-refractivity contribution in [2.45, 2.75) is 12.8 Å². The Labute approximate surface area is 210 Å². The molecule has 1 fully saturated rings. The van der Waals surface area contributed by atoms with E-state index < -0.39 is 17.6 Å². The van der Waals surface area contributed by atoms with Gasteiger partial charge in [-0.2, -0.15) is 13.2 Å². The Morgan fingerprint density at radius 1 is 1.06 bits per heavy atom. The van der Waals surface area contributed by atoms with Crippen LogP contribution >= 0.6 is 39.9 Å². The van der Waals surface area contributed by atoms with Gasteiger partial charge >= 0.3 is 6.18 Å². The molecule has 0 unspecified atom stereocenters. The SMILES string of the molecule is O=C1/C(=C\c2cc(Br)ccc2OCc2ccc(F)cc2)SC(=S)N1c1cccc(C(F)(F)F)c1. The van der Waals surface area contributed by atoms with Crippen LogP contribution in [-0.4, -0.2) is 10.2 Å². The molecule has 0 aliphatic carbocycles. The highest BCUT2D eigenvalue weighted by molar-refractivity contribution is 9.10. The number of thioether (sulfide) groups is 1. The number of hydrogen-bond donors (Lipinski definition) is 0. The molecule has 1 saturated heterocycles. The molecule has 1 amide bonds. The van der Waals surface area contributed by atoms with E-state index in [2.05, 4.69) is 15.9 Å². The number of benzene rings is 3. The molecule has 4 rings (SSSR count). The molecule has 0 bridgehead atoms. The lowest BCUT2D eigenvalue weighted by molar-refractivity contribution is -0.137. The van der Waals surface area contributed by atoms with Crippen LogP contribution in [0.1, 0.15) is 16.7 Å². The Bertz CT molecular complexity index is 1290. The first kappa shape index (κ1) is 24.4. The van der Waals surface area contributed by atoms with E-state index in [0.29, 0.717) is 11.3 Å². The smallest absolute Gasteiger partial charge is 0.416 e. The topological polar surface area (TPSA) is 29.5 Å². The van der Waals surface area contributed by atoms with Crippen LogP contribution < -0.4 is 9.64 Å². The maximum absolute atomic E-state index is 13.1. The molecule has 34 heavy (non-hydrogen) atoms. The summed E-state index contributed by atoms with van der Waals surface area (Å²) < 4.78 is 59.2. The molecule has 3 aromatic carbocycles. The Kier molecular flexibility index (Phi) is 7.11. The fourth-order valence-corrected chi connectivity index (χ4v) is 4.83. The molecular weight excluding hydrogens is 554 g/mol. The number of carbonyl (C=O) groups excluding carboxylic acids is 1. The fourth-order valence-electron chi connectivity index (χ4n) is 3.16. The van der Waals surface area contributed by atoms with Gasteiger partial charge in [0, 0.05) is 10.0 Å². The predicted octanol–water partition coefficient (Wildman–Crippen LogP) is 7.59. The number of amides is 1. The highest BCUT2D eigenvalue weighted by atomic mass is 79.9. The average Bonchev–Trinajstić information content (AvgIpc) is 3.06. The molecule has 3 aromatic rings. The summed E-state index contributed by atoms with van der Waals surface area (Å²) in [5, 5.41) is 0. The van der Waals surface area contributed by atoms with Gasteiger partial charge in [0.25, 0.3) is 5.91 Å². The maximum atomic E-state index is 13.1. The van der Waals surface area contributed by atoms with Gasteiger partial charge in [0.05, 0.1) is 16.2 Å². The number of anilines is 1. The molecule has 174 valence electrons. The zero-order valence-corrected chi connectivity index (χ0v) is 20.3. The minimum atomic E-state index is -4.54. The molecule has 1 aliphatic heterocycles. The van der Waals surface area contributed by atoms with E-state index in [1.807, 2.05) is 0 Å². The zero-order chi connectivity index (χ0) is 24.5. The summed E-state index contributed by atoms with van der Waals surface area (Å²) in [4.78, 5) is 14.4. The standard InChI is InChI=1S/C24H14BrF4NO2S2/c25-17-6-9-20(32-13-14-4-7-18(26)8-5-14)15(10-17)11-21-22(31)30(23(33)34-21)19-3-1-2-16(12-19)24(27,28)29/h1-12H,13H2/b21-11+. The van der Waals surface area contributed by atoms with E-state index in [4.69, 9.17) is 17.0 Å². The van der Waals surface area contributed by atoms with Crippen molar-refractivity contribution in [3.05, 3.63) is 98.6 Å². The van der Waals surface area contributed by atoms with Crippen molar-refractivity contribution >= 4 is 61.9 Å². The van der Waals surface area contributed by atoms with Crippen molar-refractivity contribution in [2.24, 2.45) is 0 Å². The predicted molar refractivity (Wildman–Crippen MR) is 132 cm³/mol. The molecule has 1 aliphatic rings. The highest BCUT2D eigenvalue weighted by Gasteiger charge is 2.36. The molecule has 1 heterocycles. The van der Waals surface area contributed by atoms with Gasteiger partial charge in [0.15, 0.2) is 4.32 Å². The molecule has 0 saturated carbocycles.